The topological polar surface area (TPSA) is 83.8 Å². The fourth-order valence-electron chi connectivity index (χ4n) is 2.43. The minimum atomic E-state index is -0.935. The first-order valence-corrected chi connectivity index (χ1v) is 6.76. The maximum absolute atomic E-state index is 11.0. The van der Waals surface area contributed by atoms with E-state index in [9.17, 15) is 4.79 Å². The van der Waals surface area contributed by atoms with Gasteiger partial charge >= 0.3 is 5.97 Å². The molecule has 0 aliphatic carbocycles. The molecule has 1 aromatic carbocycles. The highest BCUT2D eigenvalue weighted by molar-refractivity contribution is 5.92. The van der Waals surface area contributed by atoms with Crippen molar-refractivity contribution in [3.63, 3.8) is 0 Å². The molecule has 0 fully saturated rings. The molecule has 0 atom stereocenters. The Bertz CT molecular complexity index is 816. The summed E-state index contributed by atoms with van der Waals surface area (Å²) < 4.78 is 1.95. The summed E-state index contributed by atoms with van der Waals surface area (Å²) in [5.41, 5.74) is 3.91. The minimum absolute atomic E-state index is 0.260. The fourth-order valence-corrected chi connectivity index (χ4v) is 2.43. The molecule has 6 nitrogen and oxygen atoms in total. The first kappa shape index (κ1) is 13.4. The number of hydrogen-bond donors (Lipinski definition) is 2. The second-order valence-corrected chi connectivity index (χ2v) is 5.12. The van der Waals surface area contributed by atoms with Crippen molar-refractivity contribution in [1.82, 2.24) is 19.7 Å². The van der Waals surface area contributed by atoms with Crippen LogP contribution in [-0.4, -0.2) is 30.8 Å². The zero-order chi connectivity index (χ0) is 15.0. The molecule has 2 heterocycles. The third kappa shape index (κ3) is 2.65. The molecule has 0 unspecified atom stereocenters. The van der Waals surface area contributed by atoms with Crippen LogP contribution in [0.3, 0.4) is 0 Å². The van der Waals surface area contributed by atoms with Gasteiger partial charge < -0.3 is 10.1 Å². The summed E-state index contributed by atoms with van der Waals surface area (Å²) in [5, 5.41) is 13.4. The number of carboxylic acid groups (broad SMARTS) is 1. The number of imidazole rings is 1. The Morgan fingerprint density at radius 3 is 2.81 bits per heavy atom. The molecule has 3 aromatic rings. The SMILES string of the molecule is Cc1cc(C)n(CCc2nc3ccc(C(=O)O)cc3[nH]2)n1. The monoisotopic (exact) mass is 284 g/mol. The van der Waals surface area contributed by atoms with Gasteiger partial charge in [0.15, 0.2) is 0 Å². The molecule has 6 heteroatoms. The summed E-state index contributed by atoms with van der Waals surface area (Å²) in [4.78, 5) is 18.6. The number of H-pyrrole nitrogens is 1. The summed E-state index contributed by atoms with van der Waals surface area (Å²) in [6, 6.07) is 6.94. The Hall–Kier alpha value is -2.63. The quantitative estimate of drug-likeness (QED) is 0.770. The Balaban J connectivity index is 1.81. The van der Waals surface area contributed by atoms with Crippen LogP contribution in [-0.2, 0) is 13.0 Å². The number of aromatic nitrogens is 4. The van der Waals surface area contributed by atoms with E-state index in [2.05, 4.69) is 15.1 Å². The average Bonchev–Trinajstić information content (AvgIpc) is 2.97. The van der Waals surface area contributed by atoms with Crippen molar-refractivity contribution in [2.75, 3.05) is 0 Å². The summed E-state index contributed by atoms with van der Waals surface area (Å²) in [7, 11) is 0. The van der Waals surface area contributed by atoms with Gasteiger partial charge in [0.2, 0.25) is 0 Å². The summed E-state index contributed by atoms with van der Waals surface area (Å²) >= 11 is 0. The average molecular weight is 284 g/mol. The van der Waals surface area contributed by atoms with E-state index in [-0.39, 0.29) is 5.56 Å². The third-order valence-electron chi connectivity index (χ3n) is 3.44. The first-order chi connectivity index (χ1) is 10.0. The van der Waals surface area contributed by atoms with Crippen LogP contribution in [0.2, 0.25) is 0 Å². The van der Waals surface area contributed by atoms with Gasteiger partial charge in [-0.15, -0.1) is 0 Å². The molecule has 21 heavy (non-hydrogen) atoms. The van der Waals surface area contributed by atoms with Gasteiger partial charge in [-0.3, -0.25) is 4.68 Å². The fraction of sp³-hybridized carbons (Fsp3) is 0.267. The lowest BCUT2D eigenvalue weighted by atomic mass is 10.2. The number of benzene rings is 1. The molecule has 0 aliphatic rings. The number of aromatic carboxylic acids is 1. The lowest BCUT2D eigenvalue weighted by Crippen LogP contribution is -2.06. The lowest BCUT2D eigenvalue weighted by Gasteiger charge is -2.01. The zero-order valence-electron chi connectivity index (χ0n) is 11.9. The third-order valence-corrected chi connectivity index (χ3v) is 3.44. The Morgan fingerprint density at radius 2 is 2.14 bits per heavy atom. The van der Waals surface area contributed by atoms with E-state index < -0.39 is 5.97 Å². The highest BCUT2D eigenvalue weighted by Gasteiger charge is 2.08. The van der Waals surface area contributed by atoms with E-state index >= 15 is 0 Å². The van der Waals surface area contributed by atoms with Crippen LogP contribution < -0.4 is 0 Å². The van der Waals surface area contributed by atoms with Crippen LogP contribution in [0.25, 0.3) is 11.0 Å². The van der Waals surface area contributed by atoms with Crippen molar-refractivity contribution in [3.05, 3.63) is 47.0 Å². The molecule has 0 bridgehead atoms. The molecule has 0 saturated heterocycles. The highest BCUT2D eigenvalue weighted by atomic mass is 16.4. The molecule has 108 valence electrons. The van der Waals surface area contributed by atoms with Crippen LogP contribution in [0.1, 0.15) is 27.6 Å². The smallest absolute Gasteiger partial charge is 0.335 e. The van der Waals surface area contributed by atoms with Gasteiger partial charge in [-0.2, -0.15) is 5.10 Å². The predicted molar refractivity (Wildman–Crippen MR) is 78.5 cm³/mol. The molecule has 0 spiro atoms. The van der Waals surface area contributed by atoms with Crippen LogP contribution in [0.15, 0.2) is 24.3 Å². The second kappa shape index (κ2) is 5.05. The van der Waals surface area contributed by atoms with Gasteiger partial charge in [0, 0.05) is 18.7 Å². The van der Waals surface area contributed by atoms with Gasteiger partial charge in [0.25, 0.3) is 0 Å². The molecule has 2 aromatic heterocycles. The normalized spacial score (nSPS) is 11.1. The number of rotatable bonds is 4. The van der Waals surface area contributed by atoms with Gasteiger partial charge in [0.05, 0.1) is 22.3 Å². The minimum Gasteiger partial charge on any atom is -0.478 e. The maximum atomic E-state index is 11.0. The largest absolute Gasteiger partial charge is 0.478 e. The molecular formula is C15H16N4O2. The van der Waals surface area contributed by atoms with Crippen molar-refractivity contribution in [2.45, 2.75) is 26.8 Å². The number of nitrogens with zero attached hydrogens (tertiary/aromatic N) is 3. The van der Waals surface area contributed by atoms with Crippen LogP contribution in [0, 0.1) is 13.8 Å². The van der Waals surface area contributed by atoms with Gasteiger partial charge in [-0.1, -0.05) is 0 Å². The molecule has 0 radical (unpaired) electrons. The number of carbonyl (C=O) groups is 1. The van der Waals surface area contributed by atoms with E-state index in [1.165, 1.54) is 0 Å². The van der Waals surface area contributed by atoms with Crippen LogP contribution >= 0.6 is 0 Å². The molecule has 3 rings (SSSR count). The van der Waals surface area contributed by atoms with E-state index in [0.29, 0.717) is 0 Å². The summed E-state index contributed by atoms with van der Waals surface area (Å²) in [6.07, 6.45) is 0.721. The predicted octanol–water partition coefficient (Wildman–Crippen LogP) is 2.32. The van der Waals surface area contributed by atoms with Crippen LogP contribution in [0.4, 0.5) is 0 Å². The molecule has 0 saturated carbocycles. The van der Waals surface area contributed by atoms with E-state index in [0.717, 1.165) is 41.2 Å². The van der Waals surface area contributed by atoms with Crippen LogP contribution in [0.5, 0.6) is 0 Å². The highest BCUT2D eigenvalue weighted by Crippen LogP contribution is 2.14. The number of hydrogen-bond acceptors (Lipinski definition) is 3. The summed E-state index contributed by atoms with van der Waals surface area (Å²) in [6.45, 7) is 4.74. The lowest BCUT2D eigenvalue weighted by molar-refractivity contribution is 0.0697. The van der Waals surface area contributed by atoms with E-state index in [1.54, 1.807) is 18.2 Å². The van der Waals surface area contributed by atoms with Crippen molar-refractivity contribution >= 4 is 17.0 Å². The summed E-state index contributed by atoms with van der Waals surface area (Å²) in [5.74, 6) is -0.101. The number of aromatic amines is 1. The maximum Gasteiger partial charge on any atom is 0.335 e. The number of nitrogens with one attached hydrogen (secondary N) is 1. The number of aryl methyl sites for hydroxylation is 4. The van der Waals surface area contributed by atoms with Crippen molar-refractivity contribution in [1.29, 1.82) is 0 Å². The van der Waals surface area contributed by atoms with Crippen molar-refractivity contribution in [3.8, 4) is 0 Å². The molecule has 0 amide bonds. The number of fused-ring (bicyclic) bond motifs is 1. The standard InChI is InChI=1S/C15H16N4O2/c1-9-7-10(2)19(18-9)6-5-14-16-12-4-3-11(15(20)21)8-13(12)17-14/h3-4,7-8H,5-6H2,1-2H3,(H,16,17)(H,20,21). The number of carboxylic acids is 1. The Labute approximate surface area is 121 Å². The van der Waals surface area contributed by atoms with Crippen molar-refractivity contribution in [2.24, 2.45) is 0 Å². The van der Waals surface area contributed by atoms with Gasteiger partial charge in [0.1, 0.15) is 5.82 Å². The Kier molecular flexibility index (Phi) is 3.21. The van der Waals surface area contributed by atoms with E-state index in [1.807, 2.05) is 24.6 Å². The van der Waals surface area contributed by atoms with Gasteiger partial charge in [-0.05, 0) is 38.1 Å². The first-order valence-electron chi connectivity index (χ1n) is 6.76. The van der Waals surface area contributed by atoms with Crippen molar-refractivity contribution < 1.29 is 9.90 Å². The molecule has 0 aliphatic heterocycles. The molecule has 2 N–H and O–H groups in total. The van der Waals surface area contributed by atoms with E-state index in [4.69, 9.17) is 5.11 Å². The molecular weight excluding hydrogens is 268 g/mol. The zero-order valence-corrected chi connectivity index (χ0v) is 11.9. The van der Waals surface area contributed by atoms with Gasteiger partial charge in [-0.25, -0.2) is 9.78 Å². The Morgan fingerprint density at radius 1 is 1.33 bits per heavy atom. The second-order valence-electron chi connectivity index (χ2n) is 5.12.